The Labute approximate surface area is 170 Å². The van der Waals surface area contributed by atoms with Crippen LogP contribution in [-0.4, -0.2) is 11.7 Å². The molecule has 0 fully saturated rings. The summed E-state index contributed by atoms with van der Waals surface area (Å²) in [5.41, 5.74) is 12.6. The van der Waals surface area contributed by atoms with E-state index >= 15 is 0 Å². The maximum absolute atomic E-state index is 6.35. The Kier molecular flexibility index (Phi) is 8.49. The highest BCUT2D eigenvalue weighted by atomic mass is 16.6. The van der Waals surface area contributed by atoms with Crippen LogP contribution in [0.4, 0.5) is 11.4 Å². The number of anilines is 2. The van der Waals surface area contributed by atoms with Crippen LogP contribution in [0.5, 0.6) is 11.5 Å². The average Bonchev–Trinajstić information content (AvgIpc) is 2.66. The zero-order valence-electron chi connectivity index (χ0n) is 17.6. The second kappa shape index (κ2) is 10.8. The molecule has 4 heteroatoms. The van der Waals surface area contributed by atoms with Gasteiger partial charge in [-0.05, 0) is 75.2 Å². The van der Waals surface area contributed by atoms with Gasteiger partial charge in [0.1, 0.15) is 23.2 Å². The Balaban J connectivity index is 2.03. The molecule has 0 aliphatic heterocycles. The van der Waals surface area contributed by atoms with Gasteiger partial charge in [-0.25, -0.2) is 0 Å². The zero-order valence-corrected chi connectivity index (χ0v) is 17.6. The summed E-state index contributed by atoms with van der Waals surface area (Å²) in [4.78, 5) is 0. The van der Waals surface area contributed by atoms with E-state index in [1.807, 2.05) is 48.5 Å². The molecule has 1 unspecified atom stereocenters. The van der Waals surface area contributed by atoms with Crippen LogP contribution >= 0.6 is 0 Å². The van der Waals surface area contributed by atoms with Crippen molar-refractivity contribution in [2.75, 3.05) is 11.5 Å². The SMILES string of the molecule is CCCCCCCCC(Oc1ccc(N)cc1)C(C)(C)Oc1ccc(N)cc1. The minimum Gasteiger partial charge on any atom is -0.486 e. The van der Waals surface area contributed by atoms with Crippen LogP contribution in [0.15, 0.2) is 48.5 Å². The van der Waals surface area contributed by atoms with Gasteiger partial charge in [0.15, 0.2) is 0 Å². The molecule has 154 valence electrons. The number of nitrogens with two attached hydrogens (primary N) is 2. The first kappa shape index (κ1) is 21.9. The van der Waals surface area contributed by atoms with Crippen molar-refractivity contribution in [3.05, 3.63) is 48.5 Å². The highest BCUT2D eigenvalue weighted by molar-refractivity contribution is 5.42. The summed E-state index contributed by atoms with van der Waals surface area (Å²) >= 11 is 0. The van der Waals surface area contributed by atoms with Crippen LogP contribution in [-0.2, 0) is 0 Å². The van der Waals surface area contributed by atoms with Gasteiger partial charge < -0.3 is 20.9 Å². The van der Waals surface area contributed by atoms with Crippen molar-refractivity contribution in [1.29, 1.82) is 0 Å². The number of nitrogen functional groups attached to an aromatic ring is 2. The number of hydrogen-bond acceptors (Lipinski definition) is 4. The number of rotatable bonds is 12. The van der Waals surface area contributed by atoms with Gasteiger partial charge in [-0.2, -0.15) is 0 Å². The molecule has 0 amide bonds. The standard InChI is InChI=1S/C24H36N2O2/c1-4-5-6-7-8-9-10-23(27-21-15-11-19(25)12-16-21)24(2,3)28-22-17-13-20(26)14-18-22/h11-18,23H,4-10,25-26H2,1-3H3. The van der Waals surface area contributed by atoms with Gasteiger partial charge in [-0.1, -0.05) is 39.0 Å². The molecule has 0 saturated heterocycles. The van der Waals surface area contributed by atoms with Crippen LogP contribution < -0.4 is 20.9 Å². The predicted octanol–water partition coefficient (Wildman–Crippen LogP) is 6.21. The van der Waals surface area contributed by atoms with Gasteiger partial charge in [0.2, 0.25) is 0 Å². The van der Waals surface area contributed by atoms with Crippen LogP contribution in [0, 0.1) is 0 Å². The molecule has 28 heavy (non-hydrogen) atoms. The molecule has 1 atom stereocenters. The maximum atomic E-state index is 6.35. The van der Waals surface area contributed by atoms with Crippen molar-refractivity contribution >= 4 is 11.4 Å². The highest BCUT2D eigenvalue weighted by Crippen LogP contribution is 2.29. The van der Waals surface area contributed by atoms with Gasteiger partial charge in [-0.15, -0.1) is 0 Å². The molecule has 2 aromatic carbocycles. The van der Waals surface area contributed by atoms with E-state index < -0.39 is 5.60 Å². The summed E-state index contributed by atoms with van der Waals surface area (Å²) in [6.07, 6.45) is 8.39. The summed E-state index contributed by atoms with van der Waals surface area (Å²) in [6, 6.07) is 15.1. The first-order chi connectivity index (χ1) is 13.4. The Hall–Kier alpha value is -2.36. The van der Waals surface area contributed by atoms with E-state index in [4.69, 9.17) is 20.9 Å². The van der Waals surface area contributed by atoms with Crippen molar-refractivity contribution in [1.82, 2.24) is 0 Å². The van der Waals surface area contributed by atoms with E-state index in [-0.39, 0.29) is 6.10 Å². The molecule has 0 saturated carbocycles. The Morgan fingerprint density at radius 2 is 1.25 bits per heavy atom. The van der Waals surface area contributed by atoms with E-state index in [1.165, 1.54) is 32.1 Å². The van der Waals surface area contributed by atoms with Gasteiger partial charge >= 0.3 is 0 Å². The molecule has 0 aliphatic carbocycles. The summed E-state index contributed by atoms with van der Waals surface area (Å²) in [6.45, 7) is 6.42. The molecule has 0 heterocycles. The van der Waals surface area contributed by atoms with E-state index in [9.17, 15) is 0 Å². The zero-order chi connectivity index (χ0) is 20.4. The molecule has 0 aromatic heterocycles. The Morgan fingerprint density at radius 3 is 1.82 bits per heavy atom. The van der Waals surface area contributed by atoms with Crippen molar-refractivity contribution in [2.45, 2.75) is 77.4 Å². The lowest BCUT2D eigenvalue weighted by molar-refractivity contribution is -0.0186. The second-order valence-corrected chi connectivity index (χ2v) is 8.01. The molecule has 4 N–H and O–H groups in total. The minimum absolute atomic E-state index is 0.0696. The third kappa shape index (κ3) is 7.34. The normalized spacial score (nSPS) is 12.5. The smallest absolute Gasteiger partial charge is 0.140 e. The van der Waals surface area contributed by atoms with E-state index in [0.29, 0.717) is 0 Å². The topological polar surface area (TPSA) is 70.5 Å². The molecule has 0 spiro atoms. The van der Waals surface area contributed by atoms with E-state index in [1.54, 1.807) is 0 Å². The van der Waals surface area contributed by atoms with E-state index in [2.05, 4.69) is 20.8 Å². The first-order valence-corrected chi connectivity index (χ1v) is 10.5. The molecule has 0 bridgehead atoms. The van der Waals surface area contributed by atoms with Gasteiger partial charge in [0.05, 0.1) is 0 Å². The largest absolute Gasteiger partial charge is 0.486 e. The average molecular weight is 385 g/mol. The lowest BCUT2D eigenvalue weighted by Gasteiger charge is -2.35. The fraction of sp³-hybridized carbons (Fsp3) is 0.500. The monoisotopic (exact) mass is 384 g/mol. The third-order valence-electron chi connectivity index (χ3n) is 5.01. The lowest BCUT2D eigenvalue weighted by Crippen LogP contribution is -2.45. The van der Waals surface area contributed by atoms with Crippen molar-refractivity contribution in [2.24, 2.45) is 0 Å². The number of ether oxygens (including phenoxy) is 2. The molecule has 4 nitrogen and oxygen atoms in total. The van der Waals surface area contributed by atoms with Crippen molar-refractivity contribution in [3.8, 4) is 11.5 Å². The maximum Gasteiger partial charge on any atom is 0.140 e. The quantitative estimate of drug-likeness (QED) is 0.337. The van der Waals surface area contributed by atoms with E-state index in [0.717, 1.165) is 35.7 Å². The van der Waals surface area contributed by atoms with Gasteiger partial charge in [-0.3, -0.25) is 0 Å². The van der Waals surface area contributed by atoms with Gasteiger partial charge in [0.25, 0.3) is 0 Å². The fourth-order valence-electron chi connectivity index (χ4n) is 3.27. The minimum atomic E-state index is -0.485. The van der Waals surface area contributed by atoms with Crippen LogP contribution in [0.3, 0.4) is 0 Å². The lowest BCUT2D eigenvalue weighted by atomic mass is 9.95. The van der Waals surface area contributed by atoms with Crippen molar-refractivity contribution in [3.63, 3.8) is 0 Å². The predicted molar refractivity (Wildman–Crippen MR) is 119 cm³/mol. The summed E-state index contributed by atoms with van der Waals surface area (Å²) in [5.74, 6) is 1.62. The first-order valence-electron chi connectivity index (χ1n) is 10.5. The van der Waals surface area contributed by atoms with Crippen LogP contribution in [0.2, 0.25) is 0 Å². The molecular formula is C24H36N2O2. The van der Waals surface area contributed by atoms with Crippen molar-refractivity contribution < 1.29 is 9.47 Å². The second-order valence-electron chi connectivity index (χ2n) is 8.01. The summed E-state index contributed by atoms with van der Waals surface area (Å²) in [7, 11) is 0. The molecule has 0 radical (unpaired) electrons. The molecule has 2 rings (SSSR count). The number of hydrogen-bond donors (Lipinski definition) is 2. The Bertz CT molecular complexity index is 681. The van der Waals surface area contributed by atoms with Crippen LogP contribution in [0.25, 0.3) is 0 Å². The Morgan fingerprint density at radius 1 is 0.750 bits per heavy atom. The number of benzene rings is 2. The molecule has 0 aliphatic rings. The number of unbranched alkanes of at least 4 members (excludes halogenated alkanes) is 5. The van der Waals surface area contributed by atoms with Gasteiger partial charge in [0, 0.05) is 11.4 Å². The van der Waals surface area contributed by atoms with Crippen LogP contribution in [0.1, 0.15) is 65.7 Å². The summed E-state index contributed by atoms with van der Waals surface area (Å²) in [5, 5.41) is 0. The summed E-state index contributed by atoms with van der Waals surface area (Å²) < 4.78 is 12.7. The molecular weight excluding hydrogens is 348 g/mol. The molecule has 2 aromatic rings. The fourth-order valence-corrected chi connectivity index (χ4v) is 3.27. The highest BCUT2D eigenvalue weighted by Gasteiger charge is 2.33. The third-order valence-corrected chi connectivity index (χ3v) is 5.01.